The summed E-state index contributed by atoms with van der Waals surface area (Å²) in [7, 11) is 1.76. The third-order valence-corrected chi connectivity index (χ3v) is 4.23. The van der Waals surface area contributed by atoms with Gasteiger partial charge in [0.05, 0.1) is 11.9 Å². The summed E-state index contributed by atoms with van der Waals surface area (Å²) in [6.45, 7) is 2.33. The van der Waals surface area contributed by atoms with Gasteiger partial charge in [-0.2, -0.15) is 5.10 Å². The Morgan fingerprint density at radius 2 is 1.93 bits per heavy atom. The lowest BCUT2D eigenvalue weighted by Crippen LogP contribution is -2.17. The summed E-state index contributed by atoms with van der Waals surface area (Å²) in [5.41, 5.74) is 2.58. The summed E-state index contributed by atoms with van der Waals surface area (Å²) >= 11 is 0. The van der Waals surface area contributed by atoms with Gasteiger partial charge in [0, 0.05) is 19.7 Å². The number of anilines is 2. The summed E-state index contributed by atoms with van der Waals surface area (Å²) in [5, 5.41) is 14.6. The van der Waals surface area contributed by atoms with Crippen LogP contribution >= 0.6 is 0 Å². The van der Waals surface area contributed by atoms with Crippen LogP contribution in [0.1, 0.15) is 21.7 Å². The average Bonchev–Trinajstić information content (AvgIpc) is 3.23. The number of amides is 1. The van der Waals surface area contributed by atoms with Gasteiger partial charge < -0.3 is 10.6 Å². The zero-order valence-corrected chi connectivity index (χ0v) is 15.3. The number of carbonyl (C=O) groups excluding carboxylic acids is 1. The van der Waals surface area contributed by atoms with Gasteiger partial charge in [0.2, 0.25) is 0 Å². The summed E-state index contributed by atoms with van der Waals surface area (Å²) < 4.78 is 16.1. The van der Waals surface area contributed by atoms with Gasteiger partial charge in [-0.3, -0.25) is 9.48 Å². The fraction of sp³-hybridized carbons (Fsp3) is 0.158. The molecule has 0 fully saturated rings. The minimum absolute atomic E-state index is 0.277. The van der Waals surface area contributed by atoms with Crippen LogP contribution in [0, 0.1) is 12.7 Å². The molecule has 0 aliphatic heterocycles. The monoisotopic (exact) mass is 379 g/mol. The summed E-state index contributed by atoms with van der Waals surface area (Å²) in [5.74, 6) is 0.544. The number of rotatable bonds is 5. The molecule has 0 radical (unpaired) electrons. The first kappa shape index (κ1) is 17.7. The molecule has 2 N–H and O–H groups in total. The maximum absolute atomic E-state index is 13.0. The van der Waals surface area contributed by atoms with Crippen molar-refractivity contribution in [1.29, 1.82) is 0 Å². The highest BCUT2D eigenvalue weighted by atomic mass is 19.1. The second kappa shape index (κ2) is 7.10. The third-order valence-electron chi connectivity index (χ3n) is 4.23. The van der Waals surface area contributed by atoms with Crippen LogP contribution in [0.2, 0.25) is 0 Å². The van der Waals surface area contributed by atoms with Crippen molar-refractivity contribution in [1.82, 2.24) is 24.4 Å². The first-order valence-electron chi connectivity index (χ1n) is 8.65. The van der Waals surface area contributed by atoms with Crippen LogP contribution < -0.4 is 10.6 Å². The molecule has 3 aromatic heterocycles. The zero-order chi connectivity index (χ0) is 19.7. The van der Waals surface area contributed by atoms with Gasteiger partial charge in [0.1, 0.15) is 17.5 Å². The van der Waals surface area contributed by atoms with Crippen LogP contribution in [0.3, 0.4) is 0 Å². The van der Waals surface area contributed by atoms with E-state index in [1.807, 2.05) is 6.92 Å². The molecule has 28 heavy (non-hydrogen) atoms. The lowest BCUT2D eigenvalue weighted by Gasteiger charge is -2.08. The number of benzene rings is 1. The van der Waals surface area contributed by atoms with Crippen LogP contribution in [0.15, 0.2) is 48.7 Å². The highest BCUT2D eigenvalue weighted by Crippen LogP contribution is 2.14. The SMILES string of the molecule is Cc1cc(NC(=O)c2cnc3ccc(NCc4ccc(F)cc4)nn23)n(C)n1. The normalized spacial score (nSPS) is 11.0. The molecule has 4 rings (SSSR count). The van der Waals surface area contributed by atoms with Gasteiger partial charge in [0.15, 0.2) is 11.3 Å². The van der Waals surface area contributed by atoms with E-state index in [4.69, 9.17) is 0 Å². The number of aryl methyl sites for hydroxylation is 2. The van der Waals surface area contributed by atoms with E-state index < -0.39 is 0 Å². The van der Waals surface area contributed by atoms with E-state index in [2.05, 4.69) is 25.8 Å². The highest BCUT2D eigenvalue weighted by Gasteiger charge is 2.15. The van der Waals surface area contributed by atoms with E-state index in [1.54, 1.807) is 42.1 Å². The van der Waals surface area contributed by atoms with Gasteiger partial charge in [-0.1, -0.05) is 12.1 Å². The largest absolute Gasteiger partial charge is 0.365 e. The van der Waals surface area contributed by atoms with Crippen molar-refractivity contribution in [3.63, 3.8) is 0 Å². The number of nitrogens with one attached hydrogen (secondary N) is 2. The first-order valence-corrected chi connectivity index (χ1v) is 8.65. The van der Waals surface area contributed by atoms with Crippen LogP contribution in [0.5, 0.6) is 0 Å². The number of halogens is 1. The molecule has 8 nitrogen and oxygen atoms in total. The Balaban J connectivity index is 1.54. The van der Waals surface area contributed by atoms with Crippen LogP contribution in [0.4, 0.5) is 16.0 Å². The molecular weight excluding hydrogens is 361 g/mol. The van der Waals surface area contributed by atoms with Gasteiger partial charge in [0.25, 0.3) is 5.91 Å². The van der Waals surface area contributed by atoms with Crippen molar-refractivity contribution in [2.75, 3.05) is 10.6 Å². The number of hydrogen-bond acceptors (Lipinski definition) is 5. The van der Waals surface area contributed by atoms with E-state index >= 15 is 0 Å². The van der Waals surface area contributed by atoms with Crippen molar-refractivity contribution in [3.05, 3.63) is 71.4 Å². The Bertz CT molecular complexity index is 1150. The summed E-state index contributed by atoms with van der Waals surface area (Å²) in [6.07, 6.45) is 1.48. The second-order valence-corrected chi connectivity index (χ2v) is 6.36. The molecule has 1 amide bonds. The standard InChI is InChI=1S/C19H18FN7O/c1-12-9-18(26(2)24-12)23-19(28)15-11-22-17-8-7-16(25-27(15)17)21-10-13-3-5-14(20)6-4-13/h3-9,11H,10H2,1-2H3,(H,21,25)(H,23,28). The predicted molar refractivity (Wildman–Crippen MR) is 103 cm³/mol. The minimum atomic E-state index is -0.335. The van der Waals surface area contributed by atoms with Crippen molar-refractivity contribution < 1.29 is 9.18 Å². The van der Waals surface area contributed by atoms with Gasteiger partial charge in [-0.25, -0.2) is 13.9 Å². The molecule has 142 valence electrons. The Morgan fingerprint density at radius 3 is 2.64 bits per heavy atom. The Kier molecular flexibility index (Phi) is 4.48. The molecule has 0 atom stereocenters. The molecule has 0 aliphatic carbocycles. The number of aromatic nitrogens is 5. The van der Waals surface area contributed by atoms with Gasteiger partial charge in [-0.15, -0.1) is 5.10 Å². The molecule has 0 unspecified atom stereocenters. The number of fused-ring (bicyclic) bond motifs is 1. The lowest BCUT2D eigenvalue weighted by molar-refractivity contribution is 0.101. The molecular formula is C19H18FN7O. The van der Waals surface area contributed by atoms with E-state index in [0.717, 1.165) is 11.3 Å². The van der Waals surface area contributed by atoms with Crippen molar-refractivity contribution in [2.45, 2.75) is 13.5 Å². The summed E-state index contributed by atoms with van der Waals surface area (Å²) in [4.78, 5) is 16.9. The van der Waals surface area contributed by atoms with Crippen LogP contribution in [0.25, 0.3) is 5.65 Å². The topological polar surface area (TPSA) is 89.1 Å². The zero-order valence-electron chi connectivity index (χ0n) is 15.3. The molecule has 0 saturated carbocycles. The van der Waals surface area contributed by atoms with E-state index in [0.29, 0.717) is 29.5 Å². The molecule has 1 aromatic carbocycles. The Hall–Kier alpha value is -3.75. The molecule has 4 aromatic rings. The minimum Gasteiger partial charge on any atom is -0.365 e. The van der Waals surface area contributed by atoms with Crippen molar-refractivity contribution in [2.24, 2.45) is 7.05 Å². The average molecular weight is 379 g/mol. The fourth-order valence-electron chi connectivity index (χ4n) is 2.83. The fourth-order valence-corrected chi connectivity index (χ4v) is 2.83. The molecule has 0 spiro atoms. The number of imidazole rings is 1. The Labute approximate surface area is 160 Å². The number of carbonyl (C=O) groups is 1. The van der Waals surface area contributed by atoms with Crippen molar-refractivity contribution in [3.8, 4) is 0 Å². The van der Waals surface area contributed by atoms with E-state index in [1.165, 1.54) is 22.8 Å². The first-order chi connectivity index (χ1) is 13.5. The molecule has 3 heterocycles. The lowest BCUT2D eigenvalue weighted by atomic mass is 10.2. The second-order valence-electron chi connectivity index (χ2n) is 6.36. The molecule has 0 aliphatic rings. The smallest absolute Gasteiger partial charge is 0.277 e. The predicted octanol–water partition coefficient (Wildman–Crippen LogP) is 2.77. The Morgan fingerprint density at radius 1 is 1.14 bits per heavy atom. The van der Waals surface area contributed by atoms with Crippen molar-refractivity contribution >= 4 is 23.2 Å². The van der Waals surface area contributed by atoms with Gasteiger partial charge in [-0.05, 0) is 36.8 Å². The third kappa shape index (κ3) is 3.54. The number of hydrogen-bond donors (Lipinski definition) is 2. The maximum Gasteiger partial charge on any atom is 0.277 e. The van der Waals surface area contributed by atoms with Gasteiger partial charge >= 0.3 is 0 Å². The summed E-state index contributed by atoms with van der Waals surface area (Å²) in [6, 6.07) is 11.5. The maximum atomic E-state index is 13.0. The van der Waals surface area contributed by atoms with E-state index in [9.17, 15) is 9.18 Å². The molecule has 0 saturated heterocycles. The van der Waals surface area contributed by atoms with E-state index in [-0.39, 0.29) is 11.7 Å². The highest BCUT2D eigenvalue weighted by molar-refractivity contribution is 6.02. The molecule has 9 heteroatoms. The quantitative estimate of drug-likeness (QED) is 0.557. The van der Waals surface area contributed by atoms with Crippen LogP contribution in [-0.2, 0) is 13.6 Å². The van der Waals surface area contributed by atoms with Crippen LogP contribution in [-0.4, -0.2) is 30.3 Å². The number of nitrogens with zero attached hydrogens (tertiary/aromatic N) is 5. The molecule has 0 bridgehead atoms.